The van der Waals surface area contributed by atoms with Crippen LogP contribution in [0.5, 0.6) is 5.75 Å². The number of hydrogen-bond donors (Lipinski definition) is 2. The molecule has 0 amide bonds. The number of nitrogens with one attached hydrogen (secondary N) is 2. The van der Waals surface area contributed by atoms with E-state index in [1.165, 1.54) is 5.56 Å². The summed E-state index contributed by atoms with van der Waals surface area (Å²) in [5, 5.41) is 6.71. The standard InChI is InChI=1S/C17H27N3O2/c1-5-22-15-8-13(2)6-7-14(15)9-19-16(18-4)20-10-17(3)11-21-12-17/h6-8H,5,9-12H2,1-4H3,(H2,18,19,20). The third kappa shape index (κ3) is 4.37. The van der Waals surface area contributed by atoms with Crippen LogP contribution in [0.3, 0.4) is 0 Å². The lowest BCUT2D eigenvalue weighted by molar-refractivity contribution is -0.0971. The molecule has 5 heteroatoms. The van der Waals surface area contributed by atoms with Gasteiger partial charge in [-0.05, 0) is 25.5 Å². The van der Waals surface area contributed by atoms with Gasteiger partial charge in [-0.1, -0.05) is 19.1 Å². The average molecular weight is 305 g/mol. The van der Waals surface area contributed by atoms with Crippen LogP contribution < -0.4 is 15.4 Å². The molecule has 0 bridgehead atoms. The van der Waals surface area contributed by atoms with Crippen LogP contribution in [0, 0.1) is 12.3 Å². The van der Waals surface area contributed by atoms with Gasteiger partial charge < -0.3 is 20.1 Å². The molecule has 0 unspecified atom stereocenters. The third-order valence-corrected chi connectivity index (χ3v) is 3.78. The Balaban J connectivity index is 1.90. The first kappa shape index (κ1) is 16.6. The van der Waals surface area contributed by atoms with Crippen molar-refractivity contribution >= 4 is 5.96 Å². The second-order valence-electron chi connectivity index (χ2n) is 6.13. The Bertz CT molecular complexity index is 525. The number of aliphatic imine (C=N–C) groups is 1. The number of rotatable bonds is 6. The van der Waals surface area contributed by atoms with Crippen molar-refractivity contribution in [2.45, 2.75) is 27.3 Å². The lowest BCUT2D eigenvalue weighted by Crippen LogP contribution is -2.50. The molecule has 0 spiro atoms. The Morgan fingerprint density at radius 1 is 1.36 bits per heavy atom. The van der Waals surface area contributed by atoms with Gasteiger partial charge in [0.2, 0.25) is 0 Å². The quantitative estimate of drug-likeness (QED) is 0.624. The average Bonchev–Trinajstić information content (AvgIpc) is 2.47. The minimum Gasteiger partial charge on any atom is -0.494 e. The maximum Gasteiger partial charge on any atom is 0.191 e. The summed E-state index contributed by atoms with van der Waals surface area (Å²) in [5.74, 6) is 1.74. The Kier molecular flexibility index (Phi) is 5.66. The number of nitrogens with zero attached hydrogens (tertiary/aromatic N) is 1. The first-order chi connectivity index (χ1) is 10.6. The van der Waals surface area contributed by atoms with Crippen molar-refractivity contribution in [3.05, 3.63) is 29.3 Å². The van der Waals surface area contributed by atoms with E-state index in [0.717, 1.165) is 37.0 Å². The molecule has 122 valence electrons. The lowest BCUT2D eigenvalue weighted by atomic mass is 9.89. The Morgan fingerprint density at radius 3 is 2.73 bits per heavy atom. The molecule has 0 aliphatic carbocycles. The van der Waals surface area contributed by atoms with Gasteiger partial charge in [-0.2, -0.15) is 0 Å². The zero-order valence-corrected chi connectivity index (χ0v) is 14.0. The molecule has 1 aliphatic rings. The zero-order chi connectivity index (χ0) is 16.0. The van der Waals surface area contributed by atoms with Crippen LogP contribution in [0.1, 0.15) is 25.0 Å². The van der Waals surface area contributed by atoms with Crippen LogP contribution in [0.15, 0.2) is 23.2 Å². The van der Waals surface area contributed by atoms with E-state index in [0.29, 0.717) is 13.2 Å². The fourth-order valence-corrected chi connectivity index (χ4v) is 2.35. The van der Waals surface area contributed by atoms with E-state index < -0.39 is 0 Å². The predicted octanol–water partition coefficient (Wildman–Crippen LogP) is 2.10. The van der Waals surface area contributed by atoms with Gasteiger partial charge >= 0.3 is 0 Å². The topological polar surface area (TPSA) is 54.9 Å². The summed E-state index contributed by atoms with van der Waals surface area (Å²) >= 11 is 0. The van der Waals surface area contributed by atoms with Crippen molar-refractivity contribution in [3.8, 4) is 5.75 Å². The number of benzene rings is 1. The first-order valence-electron chi connectivity index (χ1n) is 7.81. The van der Waals surface area contributed by atoms with Crippen LogP contribution in [-0.4, -0.2) is 39.4 Å². The summed E-state index contributed by atoms with van der Waals surface area (Å²) < 4.78 is 11.0. The summed E-state index contributed by atoms with van der Waals surface area (Å²) in [6.45, 7) is 10.1. The minimum absolute atomic E-state index is 0.220. The van der Waals surface area contributed by atoms with Crippen LogP contribution in [0.4, 0.5) is 0 Å². The molecule has 0 saturated carbocycles. The summed E-state index contributed by atoms with van der Waals surface area (Å²) in [5.41, 5.74) is 2.55. The van der Waals surface area contributed by atoms with E-state index in [9.17, 15) is 0 Å². The zero-order valence-electron chi connectivity index (χ0n) is 14.0. The van der Waals surface area contributed by atoms with E-state index in [1.54, 1.807) is 7.05 Å². The molecule has 1 heterocycles. The molecule has 0 aromatic heterocycles. The van der Waals surface area contributed by atoms with Gasteiger partial charge in [-0.15, -0.1) is 0 Å². The summed E-state index contributed by atoms with van der Waals surface area (Å²) in [6.07, 6.45) is 0. The summed E-state index contributed by atoms with van der Waals surface area (Å²) in [4.78, 5) is 4.27. The molecule has 2 N–H and O–H groups in total. The van der Waals surface area contributed by atoms with Gasteiger partial charge in [0.15, 0.2) is 5.96 Å². The van der Waals surface area contributed by atoms with Gasteiger partial charge in [-0.25, -0.2) is 0 Å². The highest BCUT2D eigenvalue weighted by atomic mass is 16.5. The molecule has 5 nitrogen and oxygen atoms in total. The van der Waals surface area contributed by atoms with Gasteiger partial charge in [0, 0.05) is 31.1 Å². The van der Waals surface area contributed by atoms with E-state index in [4.69, 9.17) is 9.47 Å². The largest absolute Gasteiger partial charge is 0.494 e. The molecule has 0 atom stereocenters. The van der Waals surface area contributed by atoms with Gasteiger partial charge in [0.1, 0.15) is 5.75 Å². The predicted molar refractivity (Wildman–Crippen MR) is 89.5 cm³/mol. The van der Waals surface area contributed by atoms with Crippen molar-refractivity contribution in [2.24, 2.45) is 10.4 Å². The van der Waals surface area contributed by atoms with Crippen molar-refractivity contribution in [2.75, 3.05) is 33.4 Å². The Hall–Kier alpha value is -1.75. The van der Waals surface area contributed by atoms with E-state index >= 15 is 0 Å². The van der Waals surface area contributed by atoms with Crippen LogP contribution >= 0.6 is 0 Å². The molecular weight excluding hydrogens is 278 g/mol. The van der Waals surface area contributed by atoms with E-state index in [2.05, 4.69) is 47.7 Å². The fraction of sp³-hybridized carbons (Fsp3) is 0.588. The van der Waals surface area contributed by atoms with E-state index in [1.807, 2.05) is 6.92 Å². The van der Waals surface area contributed by atoms with Crippen molar-refractivity contribution in [1.82, 2.24) is 10.6 Å². The highest BCUT2D eigenvalue weighted by molar-refractivity contribution is 5.79. The maximum atomic E-state index is 5.71. The van der Waals surface area contributed by atoms with Crippen molar-refractivity contribution in [1.29, 1.82) is 0 Å². The first-order valence-corrected chi connectivity index (χ1v) is 7.81. The van der Waals surface area contributed by atoms with Crippen molar-refractivity contribution in [3.63, 3.8) is 0 Å². The fourth-order valence-electron chi connectivity index (χ4n) is 2.35. The molecule has 1 aromatic rings. The second-order valence-corrected chi connectivity index (χ2v) is 6.13. The second kappa shape index (κ2) is 7.49. The Labute approximate surface area is 133 Å². The van der Waals surface area contributed by atoms with Gasteiger partial charge in [0.25, 0.3) is 0 Å². The Morgan fingerprint density at radius 2 is 2.14 bits per heavy atom. The normalized spacial score (nSPS) is 16.8. The molecular formula is C17H27N3O2. The molecule has 1 aliphatic heterocycles. The lowest BCUT2D eigenvalue weighted by Gasteiger charge is -2.38. The van der Waals surface area contributed by atoms with Crippen LogP contribution in [0.2, 0.25) is 0 Å². The molecule has 1 fully saturated rings. The highest BCUT2D eigenvalue weighted by Crippen LogP contribution is 2.25. The van der Waals surface area contributed by atoms with E-state index in [-0.39, 0.29) is 5.41 Å². The maximum absolute atomic E-state index is 5.71. The summed E-state index contributed by atoms with van der Waals surface area (Å²) in [7, 11) is 1.79. The smallest absolute Gasteiger partial charge is 0.191 e. The number of guanidine groups is 1. The molecule has 1 saturated heterocycles. The molecule has 0 radical (unpaired) electrons. The number of ether oxygens (including phenoxy) is 2. The SMILES string of the molecule is CCOc1cc(C)ccc1CNC(=NC)NCC1(C)COC1. The van der Waals surface area contributed by atoms with Gasteiger partial charge in [0.05, 0.1) is 19.8 Å². The monoisotopic (exact) mass is 305 g/mol. The molecule has 1 aromatic carbocycles. The van der Waals surface area contributed by atoms with Gasteiger partial charge in [-0.3, -0.25) is 4.99 Å². The number of aryl methyl sites for hydroxylation is 1. The molecule has 22 heavy (non-hydrogen) atoms. The number of hydrogen-bond acceptors (Lipinski definition) is 3. The summed E-state index contributed by atoms with van der Waals surface area (Å²) in [6, 6.07) is 6.27. The van der Waals surface area contributed by atoms with Crippen molar-refractivity contribution < 1.29 is 9.47 Å². The van der Waals surface area contributed by atoms with Crippen LogP contribution in [0.25, 0.3) is 0 Å². The minimum atomic E-state index is 0.220. The molecule has 2 rings (SSSR count). The highest BCUT2D eigenvalue weighted by Gasteiger charge is 2.33. The van der Waals surface area contributed by atoms with Crippen LogP contribution in [-0.2, 0) is 11.3 Å². The third-order valence-electron chi connectivity index (χ3n) is 3.78.